The van der Waals surface area contributed by atoms with Gasteiger partial charge in [0.2, 0.25) is 0 Å². The fraction of sp³-hybridized carbons (Fsp3) is 0.188. The van der Waals surface area contributed by atoms with E-state index in [2.05, 4.69) is 0 Å². The van der Waals surface area contributed by atoms with Crippen LogP contribution in [0.25, 0.3) is 0 Å². The van der Waals surface area contributed by atoms with Gasteiger partial charge in [-0.05, 0) is 35.4 Å². The highest BCUT2D eigenvalue weighted by Crippen LogP contribution is 2.23. The van der Waals surface area contributed by atoms with Gasteiger partial charge >= 0.3 is 0 Å². The summed E-state index contributed by atoms with van der Waals surface area (Å²) in [5.74, 6) is 2.54. The van der Waals surface area contributed by atoms with E-state index in [9.17, 15) is 4.79 Å². The average Bonchev–Trinajstić information content (AvgIpc) is 2.49. The largest absolute Gasteiger partial charge is 0.497 e. The van der Waals surface area contributed by atoms with Gasteiger partial charge in [-0.2, -0.15) is 11.8 Å². The van der Waals surface area contributed by atoms with Gasteiger partial charge in [0.15, 0.2) is 0 Å². The van der Waals surface area contributed by atoms with Crippen molar-refractivity contribution in [3.63, 3.8) is 0 Å². The molecular weight excluding hydrogens is 292 g/mol. The Kier molecular flexibility index (Phi) is 5.50. The standard InChI is InChI=1S/C16H15ClO2S/c1-19-16-6-2-12(3-7-16)10-20-11-13-4-5-15(17)8-14(13)9-18/h2-9H,10-11H2,1H3. The van der Waals surface area contributed by atoms with Crippen LogP contribution >= 0.6 is 23.4 Å². The van der Waals surface area contributed by atoms with E-state index in [4.69, 9.17) is 16.3 Å². The van der Waals surface area contributed by atoms with E-state index in [-0.39, 0.29) is 0 Å². The molecule has 0 aliphatic rings. The molecule has 0 bridgehead atoms. The Morgan fingerprint density at radius 3 is 2.55 bits per heavy atom. The minimum absolute atomic E-state index is 0.594. The molecule has 0 spiro atoms. The second-order valence-electron chi connectivity index (χ2n) is 4.30. The predicted molar refractivity (Wildman–Crippen MR) is 84.8 cm³/mol. The van der Waals surface area contributed by atoms with E-state index in [1.54, 1.807) is 24.9 Å². The summed E-state index contributed by atoms with van der Waals surface area (Å²) in [6.07, 6.45) is 0.856. The van der Waals surface area contributed by atoms with Gasteiger partial charge in [-0.1, -0.05) is 29.8 Å². The quantitative estimate of drug-likeness (QED) is 0.730. The van der Waals surface area contributed by atoms with Gasteiger partial charge in [-0.3, -0.25) is 4.79 Å². The maximum absolute atomic E-state index is 11.0. The molecule has 0 aromatic heterocycles. The average molecular weight is 307 g/mol. The Morgan fingerprint density at radius 1 is 1.15 bits per heavy atom. The lowest BCUT2D eigenvalue weighted by atomic mass is 10.1. The molecule has 2 aromatic rings. The van der Waals surface area contributed by atoms with E-state index in [1.807, 2.05) is 36.4 Å². The van der Waals surface area contributed by atoms with Crippen molar-refractivity contribution in [2.45, 2.75) is 11.5 Å². The number of benzene rings is 2. The maximum Gasteiger partial charge on any atom is 0.150 e. The summed E-state index contributed by atoms with van der Waals surface area (Å²) in [5.41, 5.74) is 2.92. The minimum atomic E-state index is 0.594. The molecule has 0 heterocycles. The Morgan fingerprint density at radius 2 is 1.90 bits per heavy atom. The number of hydrogen-bond acceptors (Lipinski definition) is 3. The minimum Gasteiger partial charge on any atom is -0.497 e. The highest BCUT2D eigenvalue weighted by molar-refractivity contribution is 7.97. The van der Waals surface area contributed by atoms with Crippen LogP contribution < -0.4 is 4.74 Å². The molecule has 104 valence electrons. The van der Waals surface area contributed by atoms with Crippen molar-refractivity contribution in [1.29, 1.82) is 0 Å². The summed E-state index contributed by atoms with van der Waals surface area (Å²) in [5, 5.41) is 0.594. The topological polar surface area (TPSA) is 26.3 Å². The van der Waals surface area contributed by atoms with Crippen LogP contribution in [0, 0.1) is 0 Å². The van der Waals surface area contributed by atoms with Crippen LogP contribution in [0.1, 0.15) is 21.5 Å². The molecule has 4 heteroatoms. The SMILES string of the molecule is COc1ccc(CSCc2ccc(Cl)cc2C=O)cc1. The number of carbonyl (C=O) groups is 1. The molecule has 2 rings (SSSR count). The number of thioether (sulfide) groups is 1. The molecule has 0 radical (unpaired) electrons. The smallest absolute Gasteiger partial charge is 0.150 e. The van der Waals surface area contributed by atoms with Gasteiger partial charge in [0.05, 0.1) is 7.11 Å². The summed E-state index contributed by atoms with van der Waals surface area (Å²) >= 11 is 7.64. The summed E-state index contributed by atoms with van der Waals surface area (Å²) < 4.78 is 5.13. The van der Waals surface area contributed by atoms with Crippen molar-refractivity contribution in [3.05, 3.63) is 64.2 Å². The Hall–Kier alpha value is -1.45. The highest BCUT2D eigenvalue weighted by Gasteiger charge is 2.03. The third-order valence-electron chi connectivity index (χ3n) is 2.92. The van der Waals surface area contributed by atoms with E-state index < -0.39 is 0 Å². The number of halogens is 1. The van der Waals surface area contributed by atoms with E-state index >= 15 is 0 Å². The van der Waals surface area contributed by atoms with Crippen LogP contribution in [0.2, 0.25) is 5.02 Å². The van der Waals surface area contributed by atoms with Crippen LogP contribution in [0.4, 0.5) is 0 Å². The van der Waals surface area contributed by atoms with Crippen LogP contribution in [0.5, 0.6) is 5.75 Å². The molecule has 0 N–H and O–H groups in total. The molecule has 0 saturated heterocycles. The zero-order valence-electron chi connectivity index (χ0n) is 11.1. The van der Waals surface area contributed by atoms with Gasteiger partial charge in [0.1, 0.15) is 12.0 Å². The number of methoxy groups -OCH3 is 1. The van der Waals surface area contributed by atoms with Crippen molar-refractivity contribution >= 4 is 29.6 Å². The third-order valence-corrected chi connectivity index (χ3v) is 4.21. The fourth-order valence-corrected chi connectivity index (χ4v) is 3.00. The Balaban J connectivity index is 1.93. The normalized spacial score (nSPS) is 10.3. The summed E-state index contributed by atoms with van der Waals surface area (Å²) in [4.78, 5) is 11.0. The van der Waals surface area contributed by atoms with Crippen molar-refractivity contribution in [2.24, 2.45) is 0 Å². The molecule has 0 aliphatic carbocycles. The van der Waals surface area contributed by atoms with E-state index in [0.29, 0.717) is 10.6 Å². The van der Waals surface area contributed by atoms with Crippen LogP contribution in [0.3, 0.4) is 0 Å². The van der Waals surface area contributed by atoms with Crippen molar-refractivity contribution in [3.8, 4) is 5.75 Å². The van der Waals surface area contributed by atoms with Crippen molar-refractivity contribution < 1.29 is 9.53 Å². The summed E-state index contributed by atoms with van der Waals surface area (Å²) in [7, 11) is 1.66. The first-order chi connectivity index (χ1) is 9.72. The van der Waals surface area contributed by atoms with E-state index in [0.717, 1.165) is 29.1 Å². The Labute approximate surface area is 128 Å². The lowest BCUT2D eigenvalue weighted by molar-refractivity contribution is 0.112. The number of ether oxygens (including phenoxy) is 1. The molecule has 2 nitrogen and oxygen atoms in total. The van der Waals surface area contributed by atoms with Gasteiger partial charge in [-0.25, -0.2) is 0 Å². The molecule has 0 atom stereocenters. The van der Waals surface area contributed by atoms with Gasteiger partial charge < -0.3 is 4.74 Å². The van der Waals surface area contributed by atoms with Crippen LogP contribution in [0.15, 0.2) is 42.5 Å². The summed E-state index contributed by atoms with van der Waals surface area (Å²) in [6, 6.07) is 13.4. The second kappa shape index (κ2) is 7.36. The van der Waals surface area contributed by atoms with Gasteiger partial charge in [0, 0.05) is 22.1 Å². The lowest BCUT2D eigenvalue weighted by Gasteiger charge is -2.06. The monoisotopic (exact) mass is 306 g/mol. The molecule has 0 aliphatic heterocycles. The number of hydrogen-bond donors (Lipinski definition) is 0. The van der Waals surface area contributed by atoms with Crippen molar-refractivity contribution in [2.75, 3.05) is 7.11 Å². The van der Waals surface area contributed by atoms with Gasteiger partial charge in [-0.15, -0.1) is 0 Å². The summed E-state index contributed by atoms with van der Waals surface area (Å²) in [6.45, 7) is 0. The van der Waals surface area contributed by atoms with Crippen LogP contribution in [-0.2, 0) is 11.5 Å². The molecule has 0 amide bonds. The maximum atomic E-state index is 11.0. The first-order valence-electron chi connectivity index (χ1n) is 6.17. The number of rotatable bonds is 6. The molecule has 2 aromatic carbocycles. The van der Waals surface area contributed by atoms with Crippen LogP contribution in [-0.4, -0.2) is 13.4 Å². The highest BCUT2D eigenvalue weighted by atomic mass is 35.5. The van der Waals surface area contributed by atoms with E-state index in [1.165, 1.54) is 5.56 Å². The fourth-order valence-electron chi connectivity index (χ4n) is 1.81. The zero-order chi connectivity index (χ0) is 14.4. The zero-order valence-corrected chi connectivity index (χ0v) is 12.7. The predicted octanol–water partition coefficient (Wildman–Crippen LogP) is 4.59. The molecule has 0 unspecified atom stereocenters. The lowest BCUT2D eigenvalue weighted by Crippen LogP contribution is -1.91. The van der Waals surface area contributed by atoms with Crippen molar-refractivity contribution in [1.82, 2.24) is 0 Å². The number of aldehydes is 1. The third kappa shape index (κ3) is 4.02. The first-order valence-corrected chi connectivity index (χ1v) is 7.70. The Bertz CT molecular complexity index is 582. The molecule has 0 saturated carbocycles. The molecule has 20 heavy (non-hydrogen) atoms. The number of carbonyl (C=O) groups excluding carboxylic acids is 1. The first kappa shape index (κ1) is 14.9. The molecule has 0 fully saturated rings. The van der Waals surface area contributed by atoms with Gasteiger partial charge in [0.25, 0.3) is 0 Å². The second-order valence-corrected chi connectivity index (χ2v) is 5.72. The molecular formula is C16H15ClO2S.